The van der Waals surface area contributed by atoms with Gasteiger partial charge in [0.25, 0.3) is 0 Å². The molecule has 1 aromatic rings. The predicted molar refractivity (Wildman–Crippen MR) is 93.0 cm³/mol. The fourth-order valence-electron chi connectivity index (χ4n) is 3.08. The average molecular weight is 319 g/mol. The van der Waals surface area contributed by atoms with Crippen molar-refractivity contribution in [1.82, 2.24) is 4.90 Å². The second kappa shape index (κ2) is 7.84. The topological polar surface area (TPSA) is 41.9 Å². The van der Waals surface area contributed by atoms with E-state index in [-0.39, 0.29) is 12.0 Å². The molecule has 4 nitrogen and oxygen atoms in total. The fourth-order valence-corrected chi connectivity index (χ4v) is 3.08. The molecule has 1 N–H and O–H groups in total. The van der Waals surface area contributed by atoms with E-state index in [1.54, 1.807) is 7.11 Å². The van der Waals surface area contributed by atoms with Crippen molar-refractivity contribution in [3.63, 3.8) is 0 Å². The summed E-state index contributed by atoms with van der Waals surface area (Å²) < 4.78 is 11.2. The molecule has 1 aliphatic rings. The number of hydrogen-bond acceptors (Lipinski definition) is 4. The highest BCUT2D eigenvalue weighted by Gasteiger charge is 2.30. The van der Waals surface area contributed by atoms with Crippen molar-refractivity contribution in [3.8, 4) is 11.5 Å². The second-order valence-corrected chi connectivity index (χ2v) is 7.01. The summed E-state index contributed by atoms with van der Waals surface area (Å²) in [5.74, 6) is 1.50. The first-order chi connectivity index (χ1) is 11.0. The summed E-state index contributed by atoms with van der Waals surface area (Å²) in [7, 11) is 1.65. The zero-order valence-electron chi connectivity index (χ0n) is 14.6. The molecule has 0 spiro atoms. The molecule has 1 heterocycles. The van der Waals surface area contributed by atoms with Crippen molar-refractivity contribution in [2.45, 2.75) is 33.2 Å². The Kier molecular flexibility index (Phi) is 6.08. The van der Waals surface area contributed by atoms with Crippen molar-refractivity contribution < 1.29 is 14.6 Å². The number of likely N-dealkylation sites (tertiary alicyclic amines) is 1. The molecule has 1 atom stereocenters. The van der Waals surface area contributed by atoms with Gasteiger partial charge in [-0.2, -0.15) is 0 Å². The maximum absolute atomic E-state index is 9.60. The van der Waals surface area contributed by atoms with Gasteiger partial charge in [-0.3, -0.25) is 4.90 Å². The fraction of sp³-hybridized carbons (Fsp3) is 0.579. The summed E-state index contributed by atoms with van der Waals surface area (Å²) in [4.78, 5) is 2.41. The quantitative estimate of drug-likeness (QED) is 0.784. The lowest BCUT2D eigenvalue weighted by atomic mass is 9.82. The Morgan fingerprint density at radius 2 is 2.17 bits per heavy atom. The molecule has 1 saturated heterocycles. The van der Waals surface area contributed by atoms with Gasteiger partial charge in [0, 0.05) is 25.1 Å². The molecular weight excluding hydrogens is 290 g/mol. The number of aliphatic hydroxyl groups excluding tert-OH is 1. The van der Waals surface area contributed by atoms with Gasteiger partial charge in [0.1, 0.15) is 6.61 Å². The standard InChI is InChI=1S/C19H29NO3/c1-15(2)12-23-18-10-16(6-7-17(18)22-4)11-20-9-5-8-19(3,13-20)14-21/h6-7,10,21H,1,5,8-9,11-14H2,2-4H3. The van der Waals surface area contributed by atoms with Crippen LogP contribution in [0, 0.1) is 5.41 Å². The zero-order valence-corrected chi connectivity index (χ0v) is 14.6. The van der Waals surface area contributed by atoms with Crippen LogP contribution in [0.5, 0.6) is 11.5 Å². The van der Waals surface area contributed by atoms with Crippen LogP contribution in [0.25, 0.3) is 0 Å². The van der Waals surface area contributed by atoms with Crippen LogP contribution in [0.4, 0.5) is 0 Å². The number of benzene rings is 1. The molecule has 23 heavy (non-hydrogen) atoms. The minimum atomic E-state index is 0.0179. The molecule has 0 radical (unpaired) electrons. The highest BCUT2D eigenvalue weighted by Crippen LogP contribution is 2.32. The van der Waals surface area contributed by atoms with Gasteiger partial charge in [0.05, 0.1) is 7.11 Å². The molecule has 0 amide bonds. The predicted octanol–water partition coefficient (Wildman–Crippen LogP) is 3.24. The normalized spacial score (nSPS) is 21.9. The first kappa shape index (κ1) is 17.8. The number of hydrogen-bond donors (Lipinski definition) is 1. The largest absolute Gasteiger partial charge is 0.493 e. The Balaban J connectivity index is 2.07. The summed E-state index contributed by atoms with van der Waals surface area (Å²) in [6, 6.07) is 6.09. The molecule has 0 aliphatic carbocycles. The number of nitrogens with zero attached hydrogens (tertiary/aromatic N) is 1. The van der Waals surface area contributed by atoms with Crippen LogP contribution in [0.2, 0.25) is 0 Å². The lowest BCUT2D eigenvalue weighted by molar-refractivity contribution is 0.0429. The molecule has 2 rings (SSSR count). The summed E-state index contributed by atoms with van der Waals surface area (Å²) in [5, 5.41) is 9.60. The van der Waals surface area contributed by atoms with Crippen molar-refractivity contribution in [1.29, 1.82) is 0 Å². The van der Waals surface area contributed by atoms with Gasteiger partial charge in [0.2, 0.25) is 0 Å². The third-order valence-corrected chi connectivity index (χ3v) is 4.35. The number of piperidine rings is 1. The first-order valence-electron chi connectivity index (χ1n) is 8.23. The Hall–Kier alpha value is -1.52. The molecule has 1 unspecified atom stereocenters. The van der Waals surface area contributed by atoms with E-state index in [9.17, 15) is 5.11 Å². The van der Waals surface area contributed by atoms with Crippen LogP contribution in [0.15, 0.2) is 30.4 Å². The van der Waals surface area contributed by atoms with Crippen molar-refractivity contribution in [2.24, 2.45) is 5.41 Å². The van der Waals surface area contributed by atoms with Gasteiger partial charge in [-0.25, -0.2) is 0 Å². The van der Waals surface area contributed by atoms with Gasteiger partial charge >= 0.3 is 0 Å². The molecule has 4 heteroatoms. The Morgan fingerprint density at radius 3 is 2.83 bits per heavy atom. The van der Waals surface area contributed by atoms with E-state index in [1.165, 1.54) is 5.56 Å². The molecule has 0 bridgehead atoms. The van der Waals surface area contributed by atoms with Crippen molar-refractivity contribution >= 4 is 0 Å². The lowest BCUT2D eigenvalue weighted by Gasteiger charge is -2.39. The first-order valence-corrected chi connectivity index (χ1v) is 8.23. The van der Waals surface area contributed by atoms with Crippen molar-refractivity contribution in [2.75, 3.05) is 33.4 Å². The van der Waals surface area contributed by atoms with Crippen LogP contribution < -0.4 is 9.47 Å². The number of ether oxygens (including phenoxy) is 2. The van der Waals surface area contributed by atoms with E-state index in [2.05, 4.69) is 24.5 Å². The minimum Gasteiger partial charge on any atom is -0.493 e. The van der Waals surface area contributed by atoms with Crippen molar-refractivity contribution in [3.05, 3.63) is 35.9 Å². The Bertz CT molecular complexity index is 543. The van der Waals surface area contributed by atoms with Crippen LogP contribution in [0.3, 0.4) is 0 Å². The second-order valence-electron chi connectivity index (χ2n) is 7.01. The molecule has 0 aromatic heterocycles. The summed E-state index contributed by atoms with van der Waals surface area (Å²) >= 11 is 0. The molecular formula is C19H29NO3. The minimum absolute atomic E-state index is 0.0179. The SMILES string of the molecule is C=C(C)COc1cc(CN2CCCC(C)(CO)C2)ccc1OC. The Labute approximate surface area is 139 Å². The van der Waals surface area contributed by atoms with Crippen LogP contribution in [-0.2, 0) is 6.54 Å². The lowest BCUT2D eigenvalue weighted by Crippen LogP contribution is -2.43. The highest BCUT2D eigenvalue weighted by atomic mass is 16.5. The van der Waals surface area contributed by atoms with E-state index >= 15 is 0 Å². The van der Waals surface area contributed by atoms with Gasteiger partial charge in [0.15, 0.2) is 11.5 Å². The van der Waals surface area contributed by atoms with E-state index in [0.29, 0.717) is 6.61 Å². The summed E-state index contributed by atoms with van der Waals surface area (Å²) in [5.41, 5.74) is 2.20. The van der Waals surface area contributed by atoms with E-state index in [0.717, 1.165) is 49.5 Å². The van der Waals surface area contributed by atoms with Gasteiger partial charge in [-0.15, -0.1) is 0 Å². The third-order valence-electron chi connectivity index (χ3n) is 4.35. The highest BCUT2D eigenvalue weighted by molar-refractivity contribution is 5.43. The zero-order chi connectivity index (χ0) is 16.9. The molecule has 1 aliphatic heterocycles. The molecule has 128 valence electrons. The molecule has 1 aromatic carbocycles. The van der Waals surface area contributed by atoms with Gasteiger partial charge in [-0.05, 0) is 49.6 Å². The van der Waals surface area contributed by atoms with Crippen LogP contribution in [0.1, 0.15) is 32.3 Å². The maximum Gasteiger partial charge on any atom is 0.161 e. The molecule has 0 saturated carbocycles. The average Bonchev–Trinajstić information content (AvgIpc) is 2.53. The monoisotopic (exact) mass is 319 g/mol. The van der Waals surface area contributed by atoms with E-state index in [4.69, 9.17) is 9.47 Å². The van der Waals surface area contributed by atoms with Crippen LogP contribution >= 0.6 is 0 Å². The Morgan fingerprint density at radius 1 is 1.39 bits per heavy atom. The van der Waals surface area contributed by atoms with Gasteiger partial charge < -0.3 is 14.6 Å². The number of aliphatic hydroxyl groups is 1. The summed E-state index contributed by atoms with van der Waals surface area (Å²) in [6.07, 6.45) is 2.22. The number of rotatable bonds is 7. The number of methoxy groups -OCH3 is 1. The smallest absolute Gasteiger partial charge is 0.161 e. The maximum atomic E-state index is 9.60. The van der Waals surface area contributed by atoms with E-state index < -0.39 is 0 Å². The summed E-state index contributed by atoms with van der Waals surface area (Å²) in [6.45, 7) is 11.6. The third kappa shape index (κ3) is 4.98. The van der Waals surface area contributed by atoms with E-state index in [1.807, 2.05) is 19.1 Å². The van der Waals surface area contributed by atoms with Crippen LogP contribution in [-0.4, -0.2) is 43.4 Å². The molecule has 1 fully saturated rings. The van der Waals surface area contributed by atoms with Gasteiger partial charge in [-0.1, -0.05) is 19.6 Å².